The van der Waals surface area contributed by atoms with Gasteiger partial charge in [-0.15, -0.1) is 12.4 Å². The molecule has 14 heavy (non-hydrogen) atoms. The Morgan fingerprint density at radius 2 is 2.14 bits per heavy atom. The molecule has 4 N–H and O–H groups in total. The smallest absolute Gasteiger partial charge is 0.147 e. The molecule has 0 aliphatic carbocycles. The van der Waals surface area contributed by atoms with Gasteiger partial charge in [-0.25, -0.2) is 0 Å². The molecule has 1 aromatic rings. The van der Waals surface area contributed by atoms with Crippen molar-refractivity contribution in [1.82, 2.24) is 0 Å². The fraction of sp³-hybridized carbons (Fsp3) is 0.333. The van der Waals surface area contributed by atoms with E-state index in [1.54, 1.807) is 0 Å². The Morgan fingerprint density at radius 3 is 2.86 bits per heavy atom. The van der Waals surface area contributed by atoms with Gasteiger partial charge in [0.15, 0.2) is 0 Å². The summed E-state index contributed by atoms with van der Waals surface area (Å²) in [4.78, 5) is 0. The molecule has 1 aromatic carbocycles. The number of benzene rings is 1. The van der Waals surface area contributed by atoms with Gasteiger partial charge in [-0.05, 0) is 12.1 Å². The Labute approximate surface area is 97.3 Å². The zero-order valence-corrected chi connectivity index (χ0v) is 9.90. The van der Waals surface area contributed by atoms with Gasteiger partial charge in [-0.2, -0.15) is 0 Å². The molecule has 3 nitrogen and oxygen atoms in total. The Hall–Kier alpha value is -0.450. The van der Waals surface area contributed by atoms with Crippen molar-refractivity contribution in [1.29, 1.82) is 0 Å². The van der Waals surface area contributed by atoms with Gasteiger partial charge >= 0.3 is 0 Å². The van der Waals surface area contributed by atoms with Gasteiger partial charge in [0, 0.05) is 22.5 Å². The van der Waals surface area contributed by atoms with E-state index in [0.29, 0.717) is 12.3 Å². The highest BCUT2D eigenvalue weighted by Gasteiger charge is 2.20. The first-order valence-corrected chi connectivity index (χ1v) is 4.95. The highest BCUT2D eigenvalue weighted by Crippen LogP contribution is 2.37. The Kier molecular flexibility index (Phi) is 3.64. The maximum absolute atomic E-state index is 5.93. The van der Waals surface area contributed by atoms with Crippen molar-refractivity contribution in [3.05, 3.63) is 22.2 Å². The van der Waals surface area contributed by atoms with Crippen molar-refractivity contribution >= 4 is 34.0 Å². The molecule has 0 saturated carbocycles. The van der Waals surface area contributed by atoms with Crippen LogP contribution in [-0.4, -0.2) is 6.61 Å². The molecule has 1 heterocycles. The van der Waals surface area contributed by atoms with Crippen LogP contribution in [0.25, 0.3) is 0 Å². The monoisotopic (exact) mass is 278 g/mol. The molecule has 0 radical (unpaired) electrons. The van der Waals surface area contributed by atoms with E-state index in [9.17, 15) is 0 Å². The summed E-state index contributed by atoms with van der Waals surface area (Å²) >= 11 is 3.38. The van der Waals surface area contributed by atoms with Gasteiger partial charge in [-0.3, -0.25) is 0 Å². The van der Waals surface area contributed by atoms with Crippen molar-refractivity contribution in [3.63, 3.8) is 0 Å². The zero-order chi connectivity index (χ0) is 9.42. The van der Waals surface area contributed by atoms with Gasteiger partial charge in [-0.1, -0.05) is 15.9 Å². The molecule has 0 spiro atoms. The SMILES string of the molecule is Cl.Nc1cc(Br)cc2c1OCC[C@@H]2N. The molecule has 0 fully saturated rings. The molecular formula is C9H12BrClN2O. The van der Waals surface area contributed by atoms with Gasteiger partial charge in [0.1, 0.15) is 5.75 Å². The first kappa shape index (κ1) is 11.6. The second kappa shape index (κ2) is 4.38. The lowest BCUT2D eigenvalue weighted by Gasteiger charge is -2.24. The van der Waals surface area contributed by atoms with Crippen molar-refractivity contribution < 1.29 is 4.74 Å². The number of fused-ring (bicyclic) bond motifs is 1. The maximum Gasteiger partial charge on any atom is 0.147 e. The molecule has 5 heteroatoms. The number of nitrogen functional groups attached to an aromatic ring is 1. The molecule has 0 amide bonds. The average Bonchev–Trinajstić information content (AvgIpc) is 2.07. The van der Waals surface area contributed by atoms with E-state index in [1.165, 1.54) is 0 Å². The van der Waals surface area contributed by atoms with Crippen LogP contribution in [0, 0.1) is 0 Å². The van der Waals surface area contributed by atoms with Crippen molar-refractivity contribution in [3.8, 4) is 5.75 Å². The molecule has 0 saturated heterocycles. The number of rotatable bonds is 0. The first-order chi connectivity index (χ1) is 6.18. The zero-order valence-electron chi connectivity index (χ0n) is 7.50. The Morgan fingerprint density at radius 1 is 1.43 bits per heavy atom. The molecule has 1 aliphatic rings. The number of hydrogen-bond acceptors (Lipinski definition) is 3. The van der Waals surface area contributed by atoms with Crippen LogP contribution in [0.4, 0.5) is 5.69 Å². The second-order valence-corrected chi connectivity index (χ2v) is 4.07. The minimum atomic E-state index is 0. The summed E-state index contributed by atoms with van der Waals surface area (Å²) in [6.07, 6.45) is 0.850. The summed E-state index contributed by atoms with van der Waals surface area (Å²) in [7, 11) is 0. The van der Waals surface area contributed by atoms with E-state index in [0.717, 1.165) is 22.2 Å². The standard InChI is InChI=1S/C9H11BrN2O.ClH/c10-5-3-6-7(11)1-2-13-9(6)8(12)4-5;/h3-4,7H,1-2,11-12H2;1H/t7-;/m0./s1. The van der Waals surface area contributed by atoms with Crippen LogP contribution >= 0.6 is 28.3 Å². The molecular weight excluding hydrogens is 267 g/mol. The summed E-state index contributed by atoms with van der Waals surface area (Å²) in [5.41, 5.74) is 13.4. The minimum absolute atomic E-state index is 0. The largest absolute Gasteiger partial charge is 0.491 e. The normalized spacial score (nSPS) is 19.1. The third kappa shape index (κ3) is 1.97. The third-order valence-electron chi connectivity index (χ3n) is 2.19. The number of anilines is 1. The van der Waals surface area contributed by atoms with E-state index in [4.69, 9.17) is 16.2 Å². The van der Waals surface area contributed by atoms with Crippen LogP contribution < -0.4 is 16.2 Å². The summed E-state index contributed by atoms with van der Waals surface area (Å²) in [5.74, 6) is 0.752. The maximum atomic E-state index is 5.93. The Bertz CT molecular complexity index is 346. The molecule has 0 bridgehead atoms. The Balaban J connectivity index is 0.000000980. The molecule has 0 aromatic heterocycles. The van der Waals surface area contributed by atoms with Gasteiger partial charge in [0.2, 0.25) is 0 Å². The third-order valence-corrected chi connectivity index (χ3v) is 2.64. The highest BCUT2D eigenvalue weighted by molar-refractivity contribution is 9.10. The molecule has 1 atom stereocenters. The van der Waals surface area contributed by atoms with E-state index in [1.807, 2.05) is 12.1 Å². The quantitative estimate of drug-likeness (QED) is 0.716. The predicted octanol–water partition coefficient (Wildman–Crippen LogP) is 2.24. The lowest BCUT2D eigenvalue weighted by Crippen LogP contribution is -2.21. The number of halogens is 2. The first-order valence-electron chi connectivity index (χ1n) is 4.16. The summed E-state index contributed by atoms with van der Waals surface area (Å²) in [6, 6.07) is 3.84. The number of hydrogen-bond donors (Lipinski definition) is 2. The van der Waals surface area contributed by atoms with Crippen LogP contribution in [0.2, 0.25) is 0 Å². The second-order valence-electron chi connectivity index (χ2n) is 3.16. The molecule has 78 valence electrons. The van der Waals surface area contributed by atoms with Gasteiger partial charge in [0.25, 0.3) is 0 Å². The van der Waals surface area contributed by atoms with E-state index < -0.39 is 0 Å². The summed E-state index contributed by atoms with van der Waals surface area (Å²) in [5, 5.41) is 0. The van der Waals surface area contributed by atoms with Crippen LogP contribution in [0.15, 0.2) is 16.6 Å². The minimum Gasteiger partial charge on any atom is -0.491 e. The average molecular weight is 280 g/mol. The summed E-state index contributed by atoms with van der Waals surface area (Å²) < 4.78 is 6.40. The van der Waals surface area contributed by atoms with Crippen LogP contribution in [0.5, 0.6) is 5.75 Å². The molecule has 2 rings (SSSR count). The van der Waals surface area contributed by atoms with Crippen molar-refractivity contribution in [2.45, 2.75) is 12.5 Å². The van der Waals surface area contributed by atoms with E-state index in [-0.39, 0.29) is 18.4 Å². The highest BCUT2D eigenvalue weighted by atomic mass is 79.9. The molecule has 1 aliphatic heterocycles. The summed E-state index contributed by atoms with van der Waals surface area (Å²) in [6.45, 7) is 0.653. The molecule has 0 unspecified atom stereocenters. The lowest BCUT2D eigenvalue weighted by molar-refractivity contribution is 0.270. The van der Waals surface area contributed by atoms with Crippen molar-refractivity contribution in [2.24, 2.45) is 5.73 Å². The number of nitrogens with two attached hydrogens (primary N) is 2. The van der Waals surface area contributed by atoms with Gasteiger partial charge in [0.05, 0.1) is 12.3 Å². The van der Waals surface area contributed by atoms with E-state index >= 15 is 0 Å². The topological polar surface area (TPSA) is 61.3 Å². The van der Waals surface area contributed by atoms with Crippen LogP contribution in [0.1, 0.15) is 18.0 Å². The number of ether oxygens (including phenoxy) is 1. The fourth-order valence-corrected chi connectivity index (χ4v) is 2.02. The van der Waals surface area contributed by atoms with Crippen LogP contribution in [-0.2, 0) is 0 Å². The lowest BCUT2D eigenvalue weighted by atomic mass is 10.0. The van der Waals surface area contributed by atoms with E-state index in [2.05, 4.69) is 15.9 Å². The van der Waals surface area contributed by atoms with Crippen molar-refractivity contribution in [2.75, 3.05) is 12.3 Å². The predicted molar refractivity (Wildman–Crippen MR) is 62.8 cm³/mol. The van der Waals surface area contributed by atoms with Crippen LogP contribution in [0.3, 0.4) is 0 Å². The fourth-order valence-electron chi connectivity index (χ4n) is 1.52. The van der Waals surface area contributed by atoms with Gasteiger partial charge < -0.3 is 16.2 Å².